The molecule has 0 fully saturated rings. The van der Waals surface area contributed by atoms with E-state index in [1.54, 1.807) is 6.07 Å². The number of aromatic hydroxyl groups is 1. The number of rotatable bonds is 5. The maximum absolute atomic E-state index is 13.0. The van der Waals surface area contributed by atoms with Gasteiger partial charge in [0.2, 0.25) is 0 Å². The summed E-state index contributed by atoms with van der Waals surface area (Å²) < 4.78 is 38.9. The van der Waals surface area contributed by atoms with Crippen LogP contribution in [-0.4, -0.2) is 29.6 Å². The van der Waals surface area contributed by atoms with Crippen molar-refractivity contribution in [3.63, 3.8) is 0 Å². The van der Waals surface area contributed by atoms with Crippen molar-refractivity contribution in [2.75, 3.05) is 19.6 Å². The molecule has 5 heteroatoms. The molecular weight excluding hydrogens is 399 g/mol. The Bertz CT molecular complexity index is 1070. The van der Waals surface area contributed by atoms with Crippen molar-refractivity contribution in [1.82, 2.24) is 4.90 Å². The Balaban J connectivity index is 1.36. The van der Waals surface area contributed by atoms with Gasteiger partial charge in [-0.3, -0.25) is 4.90 Å². The summed E-state index contributed by atoms with van der Waals surface area (Å²) in [6.45, 7) is 2.34. The summed E-state index contributed by atoms with van der Waals surface area (Å²) in [5.74, 6) is 0.272. The van der Waals surface area contributed by atoms with Crippen LogP contribution in [0.4, 0.5) is 13.2 Å². The maximum atomic E-state index is 13.0. The molecule has 3 aromatic rings. The molecule has 1 aliphatic heterocycles. The van der Waals surface area contributed by atoms with E-state index in [9.17, 15) is 18.3 Å². The lowest BCUT2D eigenvalue weighted by atomic mass is 9.97. The molecule has 2 nitrogen and oxygen atoms in total. The van der Waals surface area contributed by atoms with Crippen molar-refractivity contribution >= 4 is 5.57 Å². The zero-order chi connectivity index (χ0) is 21.8. The van der Waals surface area contributed by atoms with Gasteiger partial charge < -0.3 is 5.11 Å². The summed E-state index contributed by atoms with van der Waals surface area (Å²) in [5, 5.41) is 10.4. The van der Waals surface area contributed by atoms with Crippen molar-refractivity contribution in [1.29, 1.82) is 0 Å². The quantitative estimate of drug-likeness (QED) is 0.513. The first-order chi connectivity index (χ1) is 14.9. The molecule has 0 aromatic heterocycles. The number of benzene rings is 3. The number of halogens is 3. The minimum absolute atomic E-state index is 0.272. The Morgan fingerprint density at radius 3 is 2.32 bits per heavy atom. The van der Waals surface area contributed by atoms with Crippen molar-refractivity contribution < 1.29 is 18.3 Å². The van der Waals surface area contributed by atoms with Gasteiger partial charge in [0.15, 0.2) is 0 Å². The van der Waals surface area contributed by atoms with E-state index in [-0.39, 0.29) is 5.75 Å². The van der Waals surface area contributed by atoms with Crippen LogP contribution in [0.25, 0.3) is 16.7 Å². The molecule has 0 unspecified atom stereocenters. The largest absolute Gasteiger partial charge is 0.507 e. The molecule has 0 saturated carbocycles. The van der Waals surface area contributed by atoms with E-state index in [1.165, 1.54) is 12.1 Å². The fraction of sp³-hybridized carbons (Fsp3) is 0.231. The van der Waals surface area contributed by atoms with Gasteiger partial charge in [0.1, 0.15) is 5.75 Å². The molecular formula is C26H24F3NO. The van der Waals surface area contributed by atoms with E-state index in [4.69, 9.17) is 0 Å². The van der Waals surface area contributed by atoms with Gasteiger partial charge in [-0.2, -0.15) is 13.2 Å². The highest BCUT2D eigenvalue weighted by Crippen LogP contribution is 2.33. The van der Waals surface area contributed by atoms with Crippen LogP contribution < -0.4 is 0 Å². The predicted octanol–water partition coefficient (Wildman–Crippen LogP) is 6.41. The Kier molecular flexibility index (Phi) is 6.14. The first-order valence-corrected chi connectivity index (χ1v) is 10.4. The van der Waals surface area contributed by atoms with Crippen molar-refractivity contribution in [2.24, 2.45) is 0 Å². The zero-order valence-corrected chi connectivity index (χ0v) is 17.1. The van der Waals surface area contributed by atoms with Gasteiger partial charge in [-0.1, -0.05) is 60.7 Å². The topological polar surface area (TPSA) is 23.5 Å². The molecule has 0 aliphatic carbocycles. The predicted molar refractivity (Wildman–Crippen MR) is 118 cm³/mol. The second-order valence-corrected chi connectivity index (χ2v) is 7.83. The smallest absolute Gasteiger partial charge is 0.416 e. The van der Waals surface area contributed by atoms with Crippen LogP contribution >= 0.6 is 0 Å². The van der Waals surface area contributed by atoms with Gasteiger partial charge in [0.25, 0.3) is 0 Å². The van der Waals surface area contributed by atoms with E-state index >= 15 is 0 Å². The lowest BCUT2D eigenvalue weighted by molar-refractivity contribution is -0.137. The Morgan fingerprint density at radius 2 is 1.65 bits per heavy atom. The van der Waals surface area contributed by atoms with Gasteiger partial charge in [-0.25, -0.2) is 0 Å². The molecule has 1 N–H and O–H groups in total. The molecule has 0 bridgehead atoms. The second kappa shape index (κ2) is 8.98. The first-order valence-electron chi connectivity index (χ1n) is 10.4. The molecule has 0 atom stereocenters. The maximum Gasteiger partial charge on any atom is 0.416 e. The van der Waals surface area contributed by atoms with Crippen molar-refractivity contribution in [3.8, 4) is 16.9 Å². The van der Waals surface area contributed by atoms with Crippen LogP contribution in [0.1, 0.15) is 23.1 Å². The summed E-state index contributed by atoms with van der Waals surface area (Å²) in [4.78, 5) is 2.28. The fourth-order valence-electron chi connectivity index (χ4n) is 3.95. The molecule has 160 valence electrons. The van der Waals surface area contributed by atoms with Crippen LogP contribution in [0.2, 0.25) is 0 Å². The summed E-state index contributed by atoms with van der Waals surface area (Å²) in [7, 11) is 0. The van der Waals surface area contributed by atoms with E-state index in [2.05, 4.69) is 4.90 Å². The zero-order valence-electron chi connectivity index (χ0n) is 17.1. The third kappa shape index (κ3) is 5.17. The van der Waals surface area contributed by atoms with Crippen molar-refractivity contribution in [3.05, 3.63) is 95.6 Å². The van der Waals surface area contributed by atoms with Crippen LogP contribution in [0.5, 0.6) is 5.75 Å². The lowest BCUT2D eigenvalue weighted by Crippen LogP contribution is -2.30. The number of nitrogens with zero attached hydrogens (tertiary/aromatic N) is 1. The molecule has 0 amide bonds. The number of hydrogen-bond donors (Lipinski definition) is 1. The second-order valence-electron chi connectivity index (χ2n) is 7.83. The van der Waals surface area contributed by atoms with Crippen LogP contribution in [-0.2, 0) is 12.6 Å². The highest BCUT2D eigenvalue weighted by atomic mass is 19.4. The first kappa shape index (κ1) is 21.2. The van der Waals surface area contributed by atoms with Gasteiger partial charge in [-0.05, 0) is 53.3 Å². The number of hydrogen-bond acceptors (Lipinski definition) is 2. The monoisotopic (exact) mass is 423 g/mol. The summed E-state index contributed by atoms with van der Waals surface area (Å²) >= 11 is 0. The Hall–Kier alpha value is -3.05. The summed E-state index contributed by atoms with van der Waals surface area (Å²) in [6.07, 6.45) is -0.775. The molecule has 0 spiro atoms. The van der Waals surface area contributed by atoms with Gasteiger partial charge >= 0.3 is 6.18 Å². The average molecular weight is 423 g/mol. The van der Waals surface area contributed by atoms with Gasteiger partial charge in [0, 0.05) is 25.2 Å². The molecule has 4 rings (SSSR count). The fourth-order valence-corrected chi connectivity index (χ4v) is 3.95. The average Bonchev–Trinajstić information content (AvgIpc) is 2.78. The lowest BCUT2D eigenvalue weighted by Gasteiger charge is -2.26. The molecule has 0 radical (unpaired) electrons. The third-order valence-electron chi connectivity index (χ3n) is 5.72. The highest BCUT2D eigenvalue weighted by molar-refractivity contribution is 5.70. The molecule has 31 heavy (non-hydrogen) atoms. The van der Waals surface area contributed by atoms with Gasteiger partial charge in [-0.15, -0.1) is 0 Å². The summed E-state index contributed by atoms with van der Waals surface area (Å²) in [5.41, 5.74) is 3.87. The highest BCUT2D eigenvalue weighted by Gasteiger charge is 2.30. The molecule has 1 heterocycles. The minimum atomic E-state index is -4.32. The van der Waals surface area contributed by atoms with E-state index in [1.807, 2.05) is 54.6 Å². The third-order valence-corrected chi connectivity index (χ3v) is 5.72. The normalized spacial score (nSPS) is 15.0. The van der Waals surface area contributed by atoms with Crippen molar-refractivity contribution in [2.45, 2.75) is 19.0 Å². The van der Waals surface area contributed by atoms with Crippen LogP contribution in [0, 0.1) is 0 Å². The molecule has 3 aromatic carbocycles. The minimum Gasteiger partial charge on any atom is -0.507 e. The Labute approximate surface area is 180 Å². The van der Waals surface area contributed by atoms with Gasteiger partial charge in [0.05, 0.1) is 5.56 Å². The number of phenols is 1. The summed E-state index contributed by atoms with van der Waals surface area (Å²) in [6, 6.07) is 21.1. The molecule has 0 saturated heterocycles. The van der Waals surface area contributed by atoms with E-state index in [0.29, 0.717) is 12.1 Å². The van der Waals surface area contributed by atoms with E-state index < -0.39 is 11.7 Å². The van der Waals surface area contributed by atoms with Crippen LogP contribution in [0.15, 0.2) is 78.9 Å². The number of phenolic OH excluding ortho intramolecular Hbond substituents is 1. The molecule has 1 aliphatic rings. The van der Waals surface area contributed by atoms with Crippen LogP contribution in [0.3, 0.4) is 0 Å². The SMILES string of the molecule is Oc1cc(CCN2CC=C(c3cccc(C(F)(F)F)c3)CC2)ccc1-c1ccccc1. The standard InChI is InChI=1S/C26H24F3NO/c27-26(28,29)23-8-4-7-22(18-23)20-12-15-30(16-13-20)14-11-19-9-10-24(25(31)17-19)21-5-2-1-3-6-21/h1-10,12,17-18,31H,11,13-16H2. The number of alkyl halides is 3. The Morgan fingerprint density at radius 1 is 0.871 bits per heavy atom. The van der Waals surface area contributed by atoms with E-state index in [0.717, 1.165) is 54.3 Å².